The summed E-state index contributed by atoms with van der Waals surface area (Å²) in [5.41, 5.74) is 2.17. The van der Waals surface area contributed by atoms with E-state index in [2.05, 4.69) is 11.4 Å². The number of ether oxygens (including phenoxy) is 1. The number of rotatable bonds is 5. The molecule has 168 valence electrons. The number of fused-ring (bicyclic) bond motifs is 5. The van der Waals surface area contributed by atoms with Crippen LogP contribution in [-0.4, -0.2) is 30.3 Å². The average Bonchev–Trinajstić information content (AvgIpc) is 3.44. The summed E-state index contributed by atoms with van der Waals surface area (Å²) >= 11 is 0. The van der Waals surface area contributed by atoms with Gasteiger partial charge in [0.15, 0.2) is 6.61 Å². The molecule has 2 fully saturated rings. The average molecular weight is 448 g/mol. The molecule has 0 unspecified atom stereocenters. The molecule has 3 aliphatic rings. The summed E-state index contributed by atoms with van der Waals surface area (Å²) < 4.78 is 17.9. The van der Waals surface area contributed by atoms with E-state index >= 15 is 0 Å². The van der Waals surface area contributed by atoms with E-state index in [4.69, 9.17) is 4.74 Å². The van der Waals surface area contributed by atoms with Crippen LogP contribution in [0.15, 0.2) is 60.2 Å². The van der Waals surface area contributed by atoms with E-state index in [-0.39, 0.29) is 41.0 Å². The fourth-order valence-corrected chi connectivity index (χ4v) is 5.22. The molecule has 3 amide bonds. The number of hydrogen-bond donors (Lipinski definition) is 1. The second-order valence-corrected chi connectivity index (χ2v) is 8.66. The molecule has 1 N–H and O–H groups in total. The molecular weight excluding hydrogens is 427 g/mol. The number of nitrogens with one attached hydrogen (secondary N) is 1. The van der Waals surface area contributed by atoms with Crippen molar-refractivity contribution in [2.24, 2.45) is 23.7 Å². The number of carbonyl (C=O) groups is 4. The molecule has 0 radical (unpaired) electrons. The van der Waals surface area contributed by atoms with Gasteiger partial charge < -0.3 is 10.1 Å². The molecule has 1 saturated heterocycles. The summed E-state index contributed by atoms with van der Waals surface area (Å²) in [5.74, 6) is -2.41. The second kappa shape index (κ2) is 7.95. The zero-order valence-corrected chi connectivity index (χ0v) is 17.8. The maximum Gasteiger partial charge on any atom is 0.338 e. The lowest BCUT2D eigenvalue weighted by atomic mass is 9.82. The molecule has 8 heteroatoms. The summed E-state index contributed by atoms with van der Waals surface area (Å²) in [6.45, 7) is 1.50. The van der Waals surface area contributed by atoms with Crippen LogP contribution in [0.1, 0.15) is 23.7 Å². The molecule has 0 aromatic heterocycles. The number of halogens is 1. The highest BCUT2D eigenvalue weighted by Gasteiger charge is 2.60. The molecule has 5 rings (SSSR count). The van der Waals surface area contributed by atoms with Crippen molar-refractivity contribution >= 4 is 35.1 Å². The Kier molecular flexibility index (Phi) is 5.08. The van der Waals surface area contributed by atoms with Gasteiger partial charge in [-0.2, -0.15) is 0 Å². The van der Waals surface area contributed by atoms with E-state index in [0.717, 1.165) is 6.42 Å². The number of hydrogen-bond acceptors (Lipinski definition) is 5. The molecule has 1 saturated carbocycles. The molecule has 1 heterocycles. The molecule has 2 aliphatic carbocycles. The van der Waals surface area contributed by atoms with Crippen molar-refractivity contribution in [1.29, 1.82) is 0 Å². The molecule has 0 spiro atoms. The first kappa shape index (κ1) is 21.1. The van der Waals surface area contributed by atoms with Gasteiger partial charge in [-0.05, 0) is 73.7 Å². The van der Waals surface area contributed by atoms with Crippen molar-refractivity contribution in [3.8, 4) is 0 Å². The van der Waals surface area contributed by atoms with E-state index < -0.39 is 24.3 Å². The SMILES string of the molecule is CC1=C[C@H]2C[C@H]1[C@@H]1C(=O)N(c3ccc(C(=O)OCC(=O)Nc4ccc(F)cc4)cc3)C(=O)[C@@H]12. The van der Waals surface area contributed by atoms with Crippen molar-refractivity contribution in [2.75, 3.05) is 16.8 Å². The third kappa shape index (κ3) is 3.61. The van der Waals surface area contributed by atoms with Gasteiger partial charge >= 0.3 is 5.97 Å². The summed E-state index contributed by atoms with van der Waals surface area (Å²) in [6.07, 6.45) is 2.98. The van der Waals surface area contributed by atoms with E-state index in [1.54, 1.807) is 0 Å². The third-order valence-electron chi connectivity index (χ3n) is 6.70. The molecule has 7 nitrogen and oxygen atoms in total. The first-order valence-corrected chi connectivity index (χ1v) is 10.7. The van der Waals surface area contributed by atoms with Crippen LogP contribution < -0.4 is 10.2 Å². The summed E-state index contributed by atoms with van der Waals surface area (Å²) in [7, 11) is 0. The van der Waals surface area contributed by atoms with Gasteiger partial charge in [0.2, 0.25) is 11.8 Å². The van der Waals surface area contributed by atoms with E-state index in [9.17, 15) is 23.6 Å². The second-order valence-electron chi connectivity index (χ2n) is 8.66. The minimum Gasteiger partial charge on any atom is -0.452 e. The van der Waals surface area contributed by atoms with Crippen LogP contribution in [-0.2, 0) is 19.1 Å². The Morgan fingerprint density at radius 1 is 1.03 bits per heavy atom. The van der Waals surface area contributed by atoms with Crippen LogP contribution >= 0.6 is 0 Å². The quantitative estimate of drug-likeness (QED) is 0.430. The predicted octanol–water partition coefficient (Wildman–Crippen LogP) is 3.32. The minimum absolute atomic E-state index is 0.122. The number of imide groups is 1. The number of anilines is 2. The highest BCUT2D eigenvalue weighted by atomic mass is 19.1. The number of allylic oxidation sites excluding steroid dienone is 2. The van der Waals surface area contributed by atoms with Gasteiger partial charge in [-0.3, -0.25) is 19.3 Å². The highest BCUT2D eigenvalue weighted by molar-refractivity contribution is 6.23. The van der Waals surface area contributed by atoms with Crippen LogP contribution in [0.5, 0.6) is 0 Å². The first-order chi connectivity index (χ1) is 15.8. The van der Waals surface area contributed by atoms with E-state index in [1.807, 2.05) is 6.92 Å². The normalized spacial score (nSPS) is 25.2. The Hall–Kier alpha value is -3.81. The Labute approximate surface area is 189 Å². The number of carbonyl (C=O) groups excluding carboxylic acids is 4. The Morgan fingerprint density at radius 2 is 1.70 bits per heavy atom. The molecule has 33 heavy (non-hydrogen) atoms. The number of benzene rings is 2. The fraction of sp³-hybridized carbons (Fsp3) is 0.280. The molecule has 4 atom stereocenters. The van der Waals surface area contributed by atoms with E-state index in [1.165, 1.54) is 59.0 Å². The van der Waals surface area contributed by atoms with Crippen molar-refractivity contribution in [2.45, 2.75) is 13.3 Å². The van der Waals surface area contributed by atoms with Gasteiger partial charge in [0.25, 0.3) is 5.91 Å². The van der Waals surface area contributed by atoms with Gasteiger partial charge in [-0.25, -0.2) is 9.18 Å². The van der Waals surface area contributed by atoms with Crippen LogP contribution in [0, 0.1) is 29.5 Å². The standard InChI is InChI=1S/C25H21FN2O5/c1-13-10-15-11-19(13)22-21(15)23(30)28(24(22)31)18-8-2-14(3-9-18)25(32)33-12-20(29)27-17-6-4-16(26)5-7-17/h2-10,15,19,21-22H,11-12H2,1H3,(H,27,29)/t15-,19+,21+,22-/m0/s1. The topological polar surface area (TPSA) is 92.8 Å². The lowest BCUT2D eigenvalue weighted by molar-refractivity contribution is -0.123. The smallest absolute Gasteiger partial charge is 0.338 e. The maximum atomic E-state index is 13.0. The van der Waals surface area contributed by atoms with Gasteiger partial charge in [-0.1, -0.05) is 11.6 Å². The van der Waals surface area contributed by atoms with Crippen LogP contribution in [0.3, 0.4) is 0 Å². The molecule has 1 aliphatic heterocycles. The Morgan fingerprint density at radius 3 is 2.39 bits per heavy atom. The van der Waals surface area contributed by atoms with Crippen molar-refractivity contribution in [3.63, 3.8) is 0 Å². The van der Waals surface area contributed by atoms with Crippen molar-refractivity contribution in [3.05, 3.63) is 71.6 Å². The molecule has 2 bridgehead atoms. The molecular formula is C25H21FN2O5. The van der Waals surface area contributed by atoms with Crippen LogP contribution in [0.2, 0.25) is 0 Å². The maximum absolute atomic E-state index is 13.0. The van der Waals surface area contributed by atoms with Gasteiger partial charge in [0.05, 0.1) is 23.1 Å². The number of esters is 1. The number of amides is 3. The molecule has 2 aromatic rings. The largest absolute Gasteiger partial charge is 0.452 e. The van der Waals surface area contributed by atoms with E-state index in [0.29, 0.717) is 11.4 Å². The Balaban J connectivity index is 1.21. The van der Waals surface area contributed by atoms with Crippen molar-refractivity contribution in [1.82, 2.24) is 0 Å². The Bertz CT molecular complexity index is 1190. The summed E-state index contributed by atoms with van der Waals surface area (Å²) in [4.78, 5) is 51.5. The van der Waals surface area contributed by atoms with Crippen LogP contribution in [0.4, 0.5) is 15.8 Å². The first-order valence-electron chi connectivity index (χ1n) is 10.7. The lowest BCUT2D eigenvalue weighted by Crippen LogP contribution is -2.33. The summed E-state index contributed by atoms with van der Waals surface area (Å²) in [6, 6.07) is 11.2. The van der Waals surface area contributed by atoms with Crippen molar-refractivity contribution < 1.29 is 28.3 Å². The predicted molar refractivity (Wildman–Crippen MR) is 117 cm³/mol. The number of nitrogens with zero attached hydrogens (tertiary/aromatic N) is 1. The minimum atomic E-state index is -0.718. The van der Waals surface area contributed by atoms with Gasteiger partial charge in [-0.15, -0.1) is 0 Å². The third-order valence-corrected chi connectivity index (χ3v) is 6.70. The summed E-state index contributed by atoms with van der Waals surface area (Å²) in [5, 5.41) is 2.50. The van der Waals surface area contributed by atoms with Gasteiger partial charge in [0, 0.05) is 5.69 Å². The monoisotopic (exact) mass is 448 g/mol. The fourth-order valence-electron chi connectivity index (χ4n) is 5.22. The highest BCUT2D eigenvalue weighted by Crippen LogP contribution is 2.55. The molecule has 2 aromatic carbocycles. The zero-order chi connectivity index (χ0) is 23.3. The lowest BCUT2D eigenvalue weighted by Gasteiger charge is -2.19. The van der Waals surface area contributed by atoms with Gasteiger partial charge in [0.1, 0.15) is 5.82 Å². The zero-order valence-electron chi connectivity index (χ0n) is 17.8. The van der Waals surface area contributed by atoms with Crippen LogP contribution in [0.25, 0.3) is 0 Å².